The number of aryl methyl sites for hydroxylation is 2. The molecule has 3 rings (SSSR count). The zero-order chi connectivity index (χ0) is 17.3. The molecule has 6 nitrogen and oxygen atoms in total. The minimum absolute atomic E-state index is 0.259. The van der Waals surface area contributed by atoms with E-state index in [1.807, 2.05) is 32.0 Å². The minimum atomic E-state index is -1.28. The highest BCUT2D eigenvalue weighted by atomic mass is 16.5. The normalized spacial score (nSPS) is 16.8. The van der Waals surface area contributed by atoms with Gasteiger partial charge < -0.3 is 15.2 Å². The number of ether oxygens (including phenoxy) is 1. The number of carbonyl (C=O) groups excluding carboxylic acids is 1. The van der Waals surface area contributed by atoms with Gasteiger partial charge in [0.15, 0.2) is 0 Å². The van der Waals surface area contributed by atoms with Crippen molar-refractivity contribution in [3.8, 4) is 0 Å². The summed E-state index contributed by atoms with van der Waals surface area (Å²) in [7, 11) is 0. The lowest BCUT2D eigenvalue weighted by atomic mass is 9.89. The average Bonchev–Trinajstić information content (AvgIpc) is 2.55. The van der Waals surface area contributed by atoms with Crippen molar-refractivity contribution in [1.29, 1.82) is 0 Å². The van der Waals surface area contributed by atoms with E-state index in [-0.39, 0.29) is 18.7 Å². The second kappa shape index (κ2) is 6.20. The molecular weight excluding hydrogens is 308 g/mol. The van der Waals surface area contributed by atoms with Crippen molar-refractivity contribution in [3.63, 3.8) is 0 Å². The lowest BCUT2D eigenvalue weighted by Gasteiger charge is -2.34. The van der Waals surface area contributed by atoms with E-state index in [0.717, 1.165) is 16.5 Å². The van der Waals surface area contributed by atoms with Gasteiger partial charge in [-0.25, -0.2) is 4.79 Å². The van der Waals surface area contributed by atoms with Gasteiger partial charge in [-0.05, 0) is 32.0 Å². The number of nitrogens with one attached hydrogen (secondary N) is 1. The largest absolute Gasteiger partial charge is 0.480 e. The molecule has 1 saturated heterocycles. The first kappa shape index (κ1) is 16.4. The molecule has 6 heteroatoms. The first-order valence-corrected chi connectivity index (χ1v) is 7.93. The molecular formula is C18H20N2O4. The van der Waals surface area contributed by atoms with E-state index in [1.54, 1.807) is 6.07 Å². The lowest BCUT2D eigenvalue weighted by molar-refractivity contribution is -0.148. The number of fused-ring (bicyclic) bond motifs is 1. The van der Waals surface area contributed by atoms with Crippen molar-refractivity contribution in [2.75, 3.05) is 13.2 Å². The number of carboxylic acid groups (broad SMARTS) is 1. The molecule has 1 aliphatic rings. The molecule has 1 amide bonds. The van der Waals surface area contributed by atoms with Crippen molar-refractivity contribution in [2.24, 2.45) is 0 Å². The quantitative estimate of drug-likeness (QED) is 0.902. The molecule has 1 aliphatic heterocycles. The average molecular weight is 328 g/mol. The fourth-order valence-corrected chi connectivity index (χ4v) is 3.06. The van der Waals surface area contributed by atoms with E-state index in [0.29, 0.717) is 24.5 Å². The van der Waals surface area contributed by atoms with E-state index in [4.69, 9.17) is 4.74 Å². The molecule has 0 bridgehead atoms. The summed E-state index contributed by atoms with van der Waals surface area (Å²) in [6.45, 7) is 4.40. The van der Waals surface area contributed by atoms with Crippen molar-refractivity contribution in [1.82, 2.24) is 10.3 Å². The van der Waals surface area contributed by atoms with Crippen LogP contribution in [0.5, 0.6) is 0 Å². The molecule has 0 atom stereocenters. The second-order valence-corrected chi connectivity index (χ2v) is 6.29. The Kier molecular flexibility index (Phi) is 4.24. The molecule has 0 spiro atoms. The zero-order valence-electron chi connectivity index (χ0n) is 13.8. The van der Waals surface area contributed by atoms with E-state index in [2.05, 4.69) is 10.3 Å². The molecule has 0 radical (unpaired) electrons. The van der Waals surface area contributed by atoms with Crippen LogP contribution in [-0.2, 0) is 9.53 Å². The van der Waals surface area contributed by atoms with Gasteiger partial charge in [0.05, 0.1) is 11.1 Å². The predicted molar refractivity (Wildman–Crippen MR) is 89.1 cm³/mol. The topological polar surface area (TPSA) is 88.5 Å². The number of amides is 1. The molecule has 0 saturated carbocycles. The Bertz CT molecular complexity index is 810. The Balaban J connectivity index is 2.02. The molecule has 126 valence electrons. The summed E-state index contributed by atoms with van der Waals surface area (Å²) in [5, 5.41) is 13.1. The number of hydrogen-bond acceptors (Lipinski definition) is 4. The van der Waals surface area contributed by atoms with Crippen molar-refractivity contribution in [2.45, 2.75) is 32.2 Å². The Labute approximate surface area is 139 Å². The van der Waals surface area contributed by atoms with Crippen LogP contribution < -0.4 is 5.32 Å². The number of rotatable bonds is 3. The van der Waals surface area contributed by atoms with Crippen LogP contribution >= 0.6 is 0 Å². The Morgan fingerprint density at radius 1 is 1.21 bits per heavy atom. The number of hydrogen-bond donors (Lipinski definition) is 2. The number of aliphatic carboxylic acids is 1. The third-order valence-corrected chi connectivity index (χ3v) is 4.45. The maximum Gasteiger partial charge on any atom is 0.329 e. The monoisotopic (exact) mass is 328 g/mol. The molecule has 0 aliphatic carbocycles. The van der Waals surface area contributed by atoms with Crippen LogP contribution in [0, 0.1) is 13.8 Å². The van der Waals surface area contributed by atoms with Gasteiger partial charge >= 0.3 is 5.97 Å². The van der Waals surface area contributed by atoms with Crippen LogP contribution in [0.3, 0.4) is 0 Å². The fraction of sp³-hybridized carbons (Fsp3) is 0.389. The highest BCUT2D eigenvalue weighted by Gasteiger charge is 2.42. The molecule has 24 heavy (non-hydrogen) atoms. The maximum absolute atomic E-state index is 12.9. The molecule has 1 fully saturated rings. The summed E-state index contributed by atoms with van der Waals surface area (Å²) in [6.07, 6.45) is 0.518. The van der Waals surface area contributed by atoms with Crippen LogP contribution in [0.4, 0.5) is 0 Å². The molecule has 2 heterocycles. The van der Waals surface area contributed by atoms with E-state index < -0.39 is 11.5 Å². The summed E-state index contributed by atoms with van der Waals surface area (Å²) < 4.78 is 5.24. The standard InChI is InChI=1S/C18H20N2O4/c1-11-3-4-15-13(9-11)14(10-12(2)19-15)16(21)20-18(17(22)23)5-7-24-8-6-18/h3-4,9-10H,5-8H2,1-2H3,(H,20,21)(H,22,23). The van der Waals surface area contributed by atoms with Crippen molar-refractivity contribution in [3.05, 3.63) is 41.1 Å². The number of nitrogens with zero attached hydrogens (tertiary/aromatic N) is 1. The predicted octanol–water partition coefficient (Wildman–Crippen LogP) is 2.22. The summed E-state index contributed by atoms with van der Waals surface area (Å²) in [4.78, 5) is 29.0. The number of aromatic nitrogens is 1. The van der Waals surface area contributed by atoms with Gasteiger partial charge in [-0.15, -0.1) is 0 Å². The molecule has 1 aromatic carbocycles. The van der Waals surface area contributed by atoms with Gasteiger partial charge in [-0.1, -0.05) is 11.6 Å². The second-order valence-electron chi connectivity index (χ2n) is 6.29. The van der Waals surface area contributed by atoms with Gasteiger partial charge in [-0.3, -0.25) is 9.78 Å². The van der Waals surface area contributed by atoms with Crippen LogP contribution in [0.2, 0.25) is 0 Å². The lowest BCUT2D eigenvalue weighted by Crippen LogP contribution is -2.57. The van der Waals surface area contributed by atoms with Crippen molar-refractivity contribution >= 4 is 22.8 Å². The maximum atomic E-state index is 12.9. The van der Waals surface area contributed by atoms with Gasteiger partial charge in [0, 0.05) is 37.1 Å². The summed E-state index contributed by atoms with van der Waals surface area (Å²) in [5.41, 5.74) is 1.63. The Morgan fingerprint density at radius 3 is 2.58 bits per heavy atom. The molecule has 0 unspecified atom stereocenters. The molecule has 2 aromatic rings. The smallest absolute Gasteiger partial charge is 0.329 e. The Hall–Kier alpha value is -2.47. The van der Waals surface area contributed by atoms with Crippen molar-refractivity contribution < 1.29 is 19.4 Å². The highest BCUT2D eigenvalue weighted by Crippen LogP contribution is 2.24. The summed E-state index contributed by atoms with van der Waals surface area (Å²) >= 11 is 0. The fourth-order valence-electron chi connectivity index (χ4n) is 3.06. The molecule has 1 aromatic heterocycles. The van der Waals surface area contributed by atoms with Gasteiger partial charge in [-0.2, -0.15) is 0 Å². The van der Waals surface area contributed by atoms with Crippen LogP contribution in [-0.4, -0.2) is 40.7 Å². The number of pyridine rings is 1. The number of carbonyl (C=O) groups is 2. The highest BCUT2D eigenvalue weighted by molar-refractivity contribution is 6.07. The number of benzene rings is 1. The van der Waals surface area contributed by atoms with Gasteiger partial charge in [0.2, 0.25) is 0 Å². The Morgan fingerprint density at radius 2 is 1.92 bits per heavy atom. The summed E-state index contributed by atoms with van der Waals surface area (Å²) in [5.74, 6) is -1.41. The minimum Gasteiger partial charge on any atom is -0.480 e. The molecule has 2 N–H and O–H groups in total. The van der Waals surface area contributed by atoms with E-state index in [1.165, 1.54) is 0 Å². The third-order valence-electron chi connectivity index (χ3n) is 4.45. The van der Waals surface area contributed by atoms with Crippen LogP contribution in [0.1, 0.15) is 34.5 Å². The first-order valence-electron chi connectivity index (χ1n) is 7.93. The van der Waals surface area contributed by atoms with Crippen LogP contribution in [0.15, 0.2) is 24.3 Å². The van der Waals surface area contributed by atoms with E-state index >= 15 is 0 Å². The first-order chi connectivity index (χ1) is 11.4. The summed E-state index contributed by atoms with van der Waals surface area (Å²) in [6, 6.07) is 7.41. The van der Waals surface area contributed by atoms with E-state index in [9.17, 15) is 14.7 Å². The van der Waals surface area contributed by atoms with Crippen LogP contribution in [0.25, 0.3) is 10.9 Å². The zero-order valence-corrected chi connectivity index (χ0v) is 13.8. The van der Waals surface area contributed by atoms with Gasteiger partial charge in [0.1, 0.15) is 5.54 Å². The number of carboxylic acids is 1. The third kappa shape index (κ3) is 2.97. The van der Waals surface area contributed by atoms with Gasteiger partial charge in [0.25, 0.3) is 5.91 Å². The SMILES string of the molecule is Cc1ccc2nc(C)cc(C(=O)NC3(C(=O)O)CCOCC3)c2c1.